The number of benzene rings is 1. The number of hydrogen-bond donors (Lipinski definition) is 0. The maximum absolute atomic E-state index is 12.6. The molecule has 0 spiro atoms. The summed E-state index contributed by atoms with van der Waals surface area (Å²) in [6, 6.07) is 12.4. The molecule has 0 aromatic heterocycles. The van der Waals surface area contributed by atoms with Gasteiger partial charge in [-0.1, -0.05) is 36.4 Å². The van der Waals surface area contributed by atoms with E-state index in [-0.39, 0.29) is 24.0 Å². The molecular weight excluding hydrogens is 300 g/mol. The minimum Gasteiger partial charge on any atom is -0.460 e. The highest BCUT2D eigenvalue weighted by Crippen LogP contribution is 2.34. The predicted octanol–water partition coefficient (Wildman–Crippen LogP) is 3.69. The lowest BCUT2D eigenvalue weighted by atomic mass is 9.98. The third-order valence-corrected chi connectivity index (χ3v) is 4.24. The first kappa shape index (κ1) is 18.2. The Bertz CT molecular complexity index is 625. The quantitative estimate of drug-likeness (QED) is 0.625. The van der Waals surface area contributed by atoms with Crippen LogP contribution in [0, 0.1) is 17.2 Å². The molecule has 4 nitrogen and oxygen atoms in total. The number of likely N-dealkylation sites (tertiary alicyclic amines) is 1. The normalized spacial score (nSPS) is 24.9. The fourth-order valence-electron chi connectivity index (χ4n) is 3.22. The molecular formula is C20H26N2O2. The predicted molar refractivity (Wildman–Crippen MR) is 93.9 cm³/mol. The van der Waals surface area contributed by atoms with Crippen molar-refractivity contribution in [3.63, 3.8) is 0 Å². The van der Waals surface area contributed by atoms with Crippen LogP contribution in [0.3, 0.4) is 0 Å². The minimum absolute atomic E-state index is 0.116. The average molecular weight is 326 g/mol. The maximum Gasteiger partial charge on any atom is 0.311 e. The van der Waals surface area contributed by atoms with Crippen LogP contribution in [0.5, 0.6) is 0 Å². The Balaban J connectivity index is 2.22. The van der Waals surface area contributed by atoms with Gasteiger partial charge in [0.25, 0.3) is 0 Å². The second kappa shape index (κ2) is 7.63. The number of allylic oxidation sites excluding steroid dienone is 1. The van der Waals surface area contributed by atoms with Gasteiger partial charge < -0.3 is 4.74 Å². The van der Waals surface area contributed by atoms with E-state index < -0.39 is 5.60 Å². The average Bonchev–Trinajstić information content (AvgIpc) is 2.81. The third kappa shape index (κ3) is 4.69. The van der Waals surface area contributed by atoms with Gasteiger partial charge in [-0.05, 0) is 39.7 Å². The molecule has 2 rings (SSSR count). The number of nitriles is 1. The zero-order valence-electron chi connectivity index (χ0n) is 14.9. The molecule has 0 saturated carbocycles. The standard InChI is InChI=1S/C20H26N2O2/c1-15-13-17(19(23)24-20(2,3)4)18(11-8-12-21)22(15)14-16-9-6-5-7-10-16/h5-11,15,17-18H,13-14H2,1-4H3/b11-8+/t15-,17+,18+/m1/s1. The first-order valence-electron chi connectivity index (χ1n) is 8.40. The van der Waals surface area contributed by atoms with Gasteiger partial charge in [0, 0.05) is 24.7 Å². The van der Waals surface area contributed by atoms with E-state index in [1.807, 2.05) is 51.1 Å². The van der Waals surface area contributed by atoms with Crippen molar-refractivity contribution in [3.8, 4) is 6.07 Å². The van der Waals surface area contributed by atoms with Crippen molar-refractivity contribution in [2.45, 2.75) is 58.3 Å². The molecule has 0 N–H and O–H groups in total. The zero-order chi connectivity index (χ0) is 17.7. The van der Waals surface area contributed by atoms with Crippen molar-refractivity contribution in [2.75, 3.05) is 0 Å². The van der Waals surface area contributed by atoms with Crippen molar-refractivity contribution in [3.05, 3.63) is 48.0 Å². The summed E-state index contributed by atoms with van der Waals surface area (Å²) in [6.45, 7) is 8.52. The van der Waals surface area contributed by atoms with Crippen LogP contribution in [0.25, 0.3) is 0 Å². The highest BCUT2D eigenvalue weighted by Gasteiger charge is 2.43. The van der Waals surface area contributed by atoms with Gasteiger partial charge in [0.2, 0.25) is 0 Å². The highest BCUT2D eigenvalue weighted by molar-refractivity contribution is 5.74. The van der Waals surface area contributed by atoms with Gasteiger partial charge in [0.05, 0.1) is 12.0 Å². The Hall–Kier alpha value is -2.12. The highest BCUT2D eigenvalue weighted by atomic mass is 16.6. The largest absolute Gasteiger partial charge is 0.460 e. The van der Waals surface area contributed by atoms with Crippen LogP contribution in [-0.4, -0.2) is 28.6 Å². The molecule has 1 aliphatic heterocycles. The van der Waals surface area contributed by atoms with E-state index in [2.05, 4.69) is 24.0 Å². The first-order chi connectivity index (χ1) is 11.3. The molecule has 3 atom stereocenters. The second-order valence-electron chi connectivity index (χ2n) is 7.36. The van der Waals surface area contributed by atoms with Crippen molar-refractivity contribution in [1.82, 2.24) is 4.90 Å². The summed E-state index contributed by atoms with van der Waals surface area (Å²) in [5.41, 5.74) is 0.695. The van der Waals surface area contributed by atoms with E-state index in [1.54, 1.807) is 0 Å². The topological polar surface area (TPSA) is 53.3 Å². The van der Waals surface area contributed by atoms with Gasteiger partial charge in [-0.25, -0.2) is 0 Å². The number of rotatable bonds is 4. The van der Waals surface area contributed by atoms with Crippen LogP contribution in [0.1, 0.15) is 39.7 Å². The summed E-state index contributed by atoms with van der Waals surface area (Å²) in [5.74, 6) is -0.426. The number of nitrogens with zero attached hydrogens (tertiary/aromatic N) is 2. The Morgan fingerprint density at radius 3 is 2.62 bits per heavy atom. The van der Waals surface area contributed by atoms with Crippen LogP contribution in [0.4, 0.5) is 0 Å². The van der Waals surface area contributed by atoms with E-state index in [0.717, 1.165) is 13.0 Å². The molecule has 1 aromatic rings. The van der Waals surface area contributed by atoms with Crippen LogP contribution in [-0.2, 0) is 16.1 Å². The van der Waals surface area contributed by atoms with Crippen LogP contribution >= 0.6 is 0 Å². The van der Waals surface area contributed by atoms with E-state index in [1.165, 1.54) is 11.6 Å². The van der Waals surface area contributed by atoms with Gasteiger partial charge in [0.1, 0.15) is 5.60 Å². The summed E-state index contributed by atoms with van der Waals surface area (Å²) in [6.07, 6.45) is 4.04. The molecule has 128 valence electrons. The molecule has 1 aliphatic rings. The van der Waals surface area contributed by atoms with E-state index in [4.69, 9.17) is 10.00 Å². The van der Waals surface area contributed by atoms with Crippen molar-refractivity contribution in [2.24, 2.45) is 5.92 Å². The summed E-state index contributed by atoms with van der Waals surface area (Å²) in [4.78, 5) is 14.9. The van der Waals surface area contributed by atoms with Gasteiger partial charge in [-0.2, -0.15) is 5.26 Å². The maximum atomic E-state index is 12.6. The van der Waals surface area contributed by atoms with Crippen LogP contribution in [0.15, 0.2) is 42.5 Å². The second-order valence-corrected chi connectivity index (χ2v) is 7.36. The number of hydrogen-bond acceptors (Lipinski definition) is 4. The molecule has 0 amide bonds. The van der Waals surface area contributed by atoms with Gasteiger partial charge in [-0.15, -0.1) is 0 Å². The Labute approximate surface area is 144 Å². The molecule has 24 heavy (non-hydrogen) atoms. The minimum atomic E-state index is -0.503. The lowest BCUT2D eigenvalue weighted by molar-refractivity contribution is -0.160. The number of carbonyl (C=O) groups excluding carboxylic acids is 1. The molecule has 4 heteroatoms. The molecule has 1 aromatic carbocycles. The SMILES string of the molecule is C[C@@H]1C[C@H](C(=O)OC(C)(C)C)[C@H](/C=C/C#N)N1Cc1ccccc1. The van der Waals surface area contributed by atoms with Gasteiger partial charge >= 0.3 is 5.97 Å². The summed E-state index contributed by atoms with van der Waals surface area (Å²) < 4.78 is 5.60. The monoisotopic (exact) mass is 326 g/mol. The lowest BCUT2D eigenvalue weighted by Crippen LogP contribution is -2.38. The van der Waals surface area contributed by atoms with Gasteiger partial charge in [-0.3, -0.25) is 9.69 Å². The van der Waals surface area contributed by atoms with E-state index >= 15 is 0 Å². The molecule has 1 fully saturated rings. The number of ether oxygens (including phenoxy) is 1. The Morgan fingerprint density at radius 2 is 2.04 bits per heavy atom. The fraction of sp³-hybridized carbons (Fsp3) is 0.500. The molecule has 0 bridgehead atoms. The van der Waals surface area contributed by atoms with E-state index in [9.17, 15) is 4.79 Å². The number of carbonyl (C=O) groups is 1. The van der Waals surface area contributed by atoms with Crippen LogP contribution in [0.2, 0.25) is 0 Å². The molecule has 0 radical (unpaired) electrons. The zero-order valence-corrected chi connectivity index (χ0v) is 14.9. The number of esters is 1. The summed E-state index contributed by atoms with van der Waals surface area (Å²) in [5, 5.41) is 8.91. The smallest absolute Gasteiger partial charge is 0.311 e. The fourth-order valence-corrected chi connectivity index (χ4v) is 3.22. The van der Waals surface area contributed by atoms with Crippen molar-refractivity contribution in [1.29, 1.82) is 5.26 Å². The lowest BCUT2D eigenvalue weighted by Gasteiger charge is -2.29. The summed E-state index contributed by atoms with van der Waals surface area (Å²) >= 11 is 0. The Kier molecular flexibility index (Phi) is 5.80. The molecule has 1 saturated heterocycles. The van der Waals surface area contributed by atoms with Crippen molar-refractivity contribution >= 4 is 5.97 Å². The van der Waals surface area contributed by atoms with Gasteiger partial charge in [0.15, 0.2) is 0 Å². The summed E-state index contributed by atoms with van der Waals surface area (Å²) in [7, 11) is 0. The Morgan fingerprint density at radius 1 is 1.38 bits per heavy atom. The van der Waals surface area contributed by atoms with Crippen molar-refractivity contribution < 1.29 is 9.53 Å². The van der Waals surface area contributed by atoms with E-state index in [0.29, 0.717) is 0 Å². The molecule has 0 unspecified atom stereocenters. The first-order valence-corrected chi connectivity index (χ1v) is 8.40. The van der Waals surface area contributed by atoms with Crippen LogP contribution < -0.4 is 0 Å². The molecule has 1 heterocycles. The molecule has 0 aliphatic carbocycles. The third-order valence-electron chi connectivity index (χ3n) is 4.24.